The number of ether oxygens (including phenoxy) is 2. The predicted molar refractivity (Wildman–Crippen MR) is 93.0 cm³/mol. The van der Waals surface area contributed by atoms with Gasteiger partial charge < -0.3 is 14.0 Å². The molecule has 0 amide bonds. The quantitative estimate of drug-likeness (QED) is 0.708. The van der Waals surface area contributed by atoms with Crippen molar-refractivity contribution in [2.24, 2.45) is 7.05 Å². The Bertz CT molecular complexity index is 1110. The number of benzene rings is 1. The average Bonchev–Trinajstić information content (AvgIpc) is 2.94. The van der Waals surface area contributed by atoms with Crippen LogP contribution in [0.4, 0.5) is 0 Å². The average molecular weight is 340 g/mol. The zero-order chi connectivity index (χ0) is 18.1. The third-order valence-corrected chi connectivity index (χ3v) is 3.90. The molecule has 128 valence electrons. The minimum Gasteiger partial charge on any atom is -0.493 e. The number of nitrogens with one attached hydrogen (secondary N) is 1. The van der Waals surface area contributed by atoms with E-state index in [1.165, 1.54) is 7.11 Å². The number of nitrogens with zero attached hydrogens (tertiary/aromatic N) is 3. The van der Waals surface area contributed by atoms with Gasteiger partial charge >= 0.3 is 5.69 Å². The van der Waals surface area contributed by atoms with Crippen molar-refractivity contribution in [3.05, 3.63) is 39.0 Å². The highest BCUT2D eigenvalue weighted by Crippen LogP contribution is 2.32. The Morgan fingerprint density at radius 1 is 1.24 bits per heavy atom. The smallest absolute Gasteiger partial charge is 0.330 e. The van der Waals surface area contributed by atoms with Gasteiger partial charge in [-0.15, -0.1) is 6.42 Å². The SMILES string of the molecule is C#CCn1c(=O)[nH]c2nc(-c3ccc(OC)c(OC)c3)n(C)c2c1=O. The van der Waals surface area contributed by atoms with Crippen LogP contribution < -0.4 is 20.7 Å². The minimum absolute atomic E-state index is 0.110. The molecular formula is C17H16N4O4. The van der Waals surface area contributed by atoms with Crippen LogP contribution in [0.3, 0.4) is 0 Å². The number of fused-ring (bicyclic) bond motifs is 1. The predicted octanol–water partition coefficient (Wildman–Crippen LogP) is 0.741. The van der Waals surface area contributed by atoms with Crippen LogP contribution in [0.15, 0.2) is 27.8 Å². The van der Waals surface area contributed by atoms with Gasteiger partial charge in [0.25, 0.3) is 5.56 Å². The van der Waals surface area contributed by atoms with E-state index < -0.39 is 11.2 Å². The largest absolute Gasteiger partial charge is 0.493 e. The number of hydrogen-bond donors (Lipinski definition) is 1. The summed E-state index contributed by atoms with van der Waals surface area (Å²) in [5.74, 6) is 3.91. The standard InChI is InChI=1S/C17H16N4O4/c1-5-8-21-16(22)13-14(19-17(21)23)18-15(20(13)2)10-6-7-11(24-3)12(9-10)25-4/h1,6-7,9H,8H2,2-4H3,(H,19,23). The molecule has 0 bridgehead atoms. The molecule has 8 nitrogen and oxygen atoms in total. The van der Waals surface area contributed by atoms with Gasteiger partial charge in [0.05, 0.1) is 20.8 Å². The first-order chi connectivity index (χ1) is 12.0. The monoisotopic (exact) mass is 340 g/mol. The van der Waals surface area contributed by atoms with Crippen LogP contribution in [-0.4, -0.2) is 33.3 Å². The summed E-state index contributed by atoms with van der Waals surface area (Å²) in [7, 11) is 4.78. The highest BCUT2D eigenvalue weighted by molar-refractivity contribution is 5.77. The van der Waals surface area contributed by atoms with Crippen LogP contribution >= 0.6 is 0 Å². The summed E-state index contributed by atoms with van der Waals surface area (Å²) in [6.45, 7) is -0.110. The van der Waals surface area contributed by atoms with E-state index in [1.807, 2.05) is 0 Å². The van der Waals surface area contributed by atoms with Gasteiger partial charge in [-0.05, 0) is 18.2 Å². The summed E-state index contributed by atoms with van der Waals surface area (Å²) in [4.78, 5) is 31.6. The second-order valence-electron chi connectivity index (χ2n) is 5.29. The molecule has 1 N–H and O–H groups in total. The van der Waals surface area contributed by atoms with Gasteiger partial charge in [0, 0.05) is 12.6 Å². The van der Waals surface area contributed by atoms with Gasteiger partial charge in [0.1, 0.15) is 5.82 Å². The molecule has 0 spiro atoms. The number of terminal acetylenes is 1. The fraction of sp³-hybridized carbons (Fsp3) is 0.235. The molecule has 0 atom stereocenters. The van der Waals surface area contributed by atoms with Gasteiger partial charge in [-0.3, -0.25) is 9.78 Å². The molecule has 3 rings (SSSR count). The Morgan fingerprint density at radius 3 is 2.60 bits per heavy atom. The van der Waals surface area contributed by atoms with Crippen molar-refractivity contribution in [1.82, 2.24) is 19.1 Å². The third-order valence-electron chi connectivity index (χ3n) is 3.90. The second kappa shape index (κ2) is 6.20. The van der Waals surface area contributed by atoms with Crippen LogP contribution in [0.5, 0.6) is 11.5 Å². The highest BCUT2D eigenvalue weighted by Gasteiger charge is 2.17. The molecular weight excluding hydrogens is 324 g/mol. The van der Waals surface area contributed by atoms with Crippen molar-refractivity contribution in [2.75, 3.05) is 14.2 Å². The van der Waals surface area contributed by atoms with Gasteiger partial charge in [0.15, 0.2) is 22.7 Å². The lowest BCUT2D eigenvalue weighted by Gasteiger charge is -2.09. The summed E-state index contributed by atoms with van der Waals surface area (Å²) >= 11 is 0. The van der Waals surface area contributed by atoms with E-state index in [0.717, 1.165) is 4.57 Å². The maximum absolute atomic E-state index is 12.6. The lowest BCUT2D eigenvalue weighted by atomic mass is 10.2. The zero-order valence-electron chi connectivity index (χ0n) is 14.0. The van der Waals surface area contributed by atoms with Crippen LogP contribution in [-0.2, 0) is 13.6 Å². The summed E-state index contributed by atoms with van der Waals surface area (Å²) < 4.78 is 13.1. The highest BCUT2D eigenvalue weighted by atomic mass is 16.5. The van der Waals surface area contributed by atoms with E-state index in [-0.39, 0.29) is 17.7 Å². The van der Waals surface area contributed by atoms with E-state index in [4.69, 9.17) is 15.9 Å². The van der Waals surface area contributed by atoms with Gasteiger partial charge in [-0.25, -0.2) is 14.3 Å². The molecule has 0 saturated heterocycles. The molecule has 0 radical (unpaired) electrons. The molecule has 0 fully saturated rings. The van der Waals surface area contributed by atoms with E-state index >= 15 is 0 Å². The molecule has 1 aromatic carbocycles. The van der Waals surface area contributed by atoms with Crippen molar-refractivity contribution in [1.29, 1.82) is 0 Å². The van der Waals surface area contributed by atoms with E-state index in [9.17, 15) is 9.59 Å². The summed E-state index contributed by atoms with van der Waals surface area (Å²) in [5.41, 5.74) is 0.0983. The van der Waals surface area contributed by atoms with Gasteiger partial charge in [0.2, 0.25) is 0 Å². The Labute approximate surface area is 142 Å². The Morgan fingerprint density at radius 2 is 1.96 bits per heavy atom. The molecule has 0 aliphatic heterocycles. The van der Waals surface area contributed by atoms with Gasteiger partial charge in [-0.2, -0.15) is 0 Å². The van der Waals surface area contributed by atoms with Crippen molar-refractivity contribution in [2.45, 2.75) is 6.54 Å². The van der Waals surface area contributed by atoms with Crippen LogP contribution in [0, 0.1) is 12.3 Å². The first-order valence-electron chi connectivity index (χ1n) is 7.37. The van der Waals surface area contributed by atoms with Crippen LogP contribution in [0.2, 0.25) is 0 Å². The van der Waals surface area contributed by atoms with E-state index in [2.05, 4.69) is 15.9 Å². The maximum atomic E-state index is 12.6. The summed E-state index contributed by atoms with van der Waals surface area (Å²) in [5, 5.41) is 0. The zero-order valence-corrected chi connectivity index (χ0v) is 14.0. The molecule has 0 aliphatic carbocycles. The third kappa shape index (κ3) is 2.55. The van der Waals surface area contributed by atoms with Gasteiger partial charge in [-0.1, -0.05) is 5.92 Å². The number of aromatic amines is 1. The van der Waals surface area contributed by atoms with E-state index in [1.54, 1.807) is 36.9 Å². The summed E-state index contributed by atoms with van der Waals surface area (Å²) in [6.07, 6.45) is 5.23. The molecule has 3 aromatic rings. The van der Waals surface area contributed by atoms with Crippen LogP contribution in [0.1, 0.15) is 0 Å². The number of methoxy groups -OCH3 is 2. The Hall–Kier alpha value is -3.47. The van der Waals surface area contributed by atoms with Crippen LogP contribution in [0.25, 0.3) is 22.6 Å². The molecule has 2 aromatic heterocycles. The van der Waals surface area contributed by atoms with Crippen molar-refractivity contribution in [3.63, 3.8) is 0 Å². The number of aryl methyl sites for hydroxylation is 1. The lowest BCUT2D eigenvalue weighted by molar-refractivity contribution is 0.355. The molecule has 25 heavy (non-hydrogen) atoms. The number of aromatic nitrogens is 4. The number of rotatable bonds is 4. The molecule has 2 heterocycles. The Kier molecular flexibility index (Phi) is 4.07. The molecule has 0 unspecified atom stereocenters. The molecule has 8 heteroatoms. The normalized spacial score (nSPS) is 10.6. The second-order valence-corrected chi connectivity index (χ2v) is 5.29. The topological polar surface area (TPSA) is 91.1 Å². The number of imidazole rings is 1. The van der Waals surface area contributed by atoms with Crippen molar-refractivity contribution >= 4 is 11.2 Å². The van der Waals surface area contributed by atoms with Crippen molar-refractivity contribution in [3.8, 4) is 35.2 Å². The number of H-pyrrole nitrogens is 1. The van der Waals surface area contributed by atoms with E-state index in [0.29, 0.717) is 22.9 Å². The maximum Gasteiger partial charge on any atom is 0.330 e. The molecule has 0 aliphatic rings. The molecule has 0 saturated carbocycles. The Balaban J connectivity index is 2.28. The lowest BCUT2D eigenvalue weighted by Crippen LogP contribution is -2.35. The first kappa shape index (κ1) is 16.4. The first-order valence-corrected chi connectivity index (χ1v) is 7.37. The number of hydrogen-bond acceptors (Lipinski definition) is 5. The fourth-order valence-electron chi connectivity index (χ4n) is 2.69. The minimum atomic E-state index is -0.590. The fourth-order valence-corrected chi connectivity index (χ4v) is 2.69. The van der Waals surface area contributed by atoms with Crippen molar-refractivity contribution < 1.29 is 9.47 Å². The summed E-state index contributed by atoms with van der Waals surface area (Å²) in [6, 6.07) is 5.28.